The van der Waals surface area contributed by atoms with E-state index in [1.807, 2.05) is 0 Å². The predicted molar refractivity (Wildman–Crippen MR) is 52.3 cm³/mol. The zero-order valence-electron chi connectivity index (χ0n) is 6.76. The molecule has 0 spiro atoms. The first kappa shape index (κ1) is 8.91. The Morgan fingerprint density at radius 2 is 2.08 bits per heavy atom. The molecule has 2 N–H and O–H groups in total. The van der Waals surface area contributed by atoms with Crippen LogP contribution in [-0.2, 0) is 0 Å². The maximum Gasteiger partial charge on any atom is 0.234 e. The summed E-state index contributed by atoms with van der Waals surface area (Å²) in [5.74, 6) is 0.632. The van der Waals surface area contributed by atoms with E-state index < -0.39 is 0 Å². The molecular formula is C8H8Cl2N2O. The van der Waals surface area contributed by atoms with E-state index in [0.717, 1.165) is 12.8 Å². The Kier molecular flexibility index (Phi) is 2.22. The number of ether oxygens (including phenoxy) is 1. The number of hydrogen-bond donors (Lipinski definition) is 1. The molecule has 0 atom stereocenters. The van der Waals surface area contributed by atoms with Crippen LogP contribution in [0.25, 0.3) is 0 Å². The standard InChI is InChI=1S/C8H8Cl2N2O/c9-5-3-6(10)8(12-7(5)11)13-4-1-2-4/h3-4H,1-2H2,(H2,11,12). The van der Waals surface area contributed by atoms with Crippen molar-refractivity contribution in [2.24, 2.45) is 0 Å². The van der Waals surface area contributed by atoms with E-state index in [-0.39, 0.29) is 11.9 Å². The second-order valence-corrected chi connectivity index (χ2v) is 3.77. The first-order chi connectivity index (χ1) is 6.16. The second-order valence-electron chi connectivity index (χ2n) is 2.96. The first-order valence-electron chi connectivity index (χ1n) is 3.95. The van der Waals surface area contributed by atoms with Gasteiger partial charge in [0.2, 0.25) is 5.88 Å². The van der Waals surface area contributed by atoms with Gasteiger partial charge in [0.15, 0.2) is 0 Å². The number of halogens is 2. The second kappa shape index (κ2) is 3.24. The Hall–Kier alpha value is -0.670. The highest BCUT2D eigenvalue weighted by molar-refractivity contribution is 6.36. The van der Waals surface area contributed by atoms with Crippen molar-refractivity contribution in [3.8, 4) is 5.88 Å². The SMILES string of the molecule is Nc1nc(OC2CC2)c(Cl)cc1Cl. The van der Waals surface area contributed by atoms with Crippen LogP contribution in [0.15, 0.2) is 6.07 Å². The molecule has 13 heavy (non-hydrogen) atoms. The Morgan fingerprint density at radius 1 is 1.38 bits per heavy atom. The number of nitrogen functional groups attached to an aromatic ring is 1. The zero-order chi connectivity index (χ0) is 9.42. The van der Waals surface area contributed by atoms with E-state index in [4.69, 9.17) is 33.7 Å². The Morgan fingerprint density at radius 3 is 2.69 bits per heavy atom. The molecule has 0 amide bonds. The Balaban J connectivity index is 2.27. The van der Waals surface area contributed by atoms with Gasteiger partial charge in [-0.2, -0.15) is 4.98 Å². The lowest BCUT2D eigenvalue weighted by Crippen LogP contribution is -2.01. The number of hydrogen-bond acceptors (Lipinski definition) is 3. The summed E-state index contributed by atoms with van der Waals surface area (Å²) in [5.41, 5.74) is 5.50. The summed E-state index contributed by atoms with van der Waals surface area (Å²) in [7, 11) is 0. The van der Waals surface area contributed by atoms with Crippen molar-refractivity contribution in [2.45, 2.75) is 18.9 Å². The molecule has 1 heterocycles. The van der Waals surface area contributed by atoms with E-state index in [1.165, 1.54) is 0 Å². The maximum atomic E-state index is 5.85. The van der Waals surface area contributed by atoms with Crippen LogP contribution >= 0.6 is 23.2 Å². The molecule has 0 aliphatic heterocycles. The van der Waals surface area contributed by atoms with Gasteiger partial charge < -0.3 is 10.5 Å². The smallest absolute Gasteiger partial charge is 0.234 e. The van der Waals surface area contributed by atoms with Gasteiger partial charge in [0.25, 0.3) is 0 Å². The van der Waals surface area contributed by atoms with Crippen molar-refractivity contribution in [1.29, 1.82) is 0 Å². The van der Waals surface area contributed by atoms with Gasteiger partial charge in [-0.3, -0.25) is 0 Å². The van der Waals surface area contributed by atoms with Gasteiger partial charge in [-0.15, -0.1) is 0 Å². The molecule has 0 radical (unpaired) electrons. The van der Waals surface area contributed by atoms with Crippen LogP contribution in [0.4, 0.5) is 5.82 Å². The van der Waals surface area contributed by atoms with E-state index in [0.29, 0.717) is 15.9 Å². The first-order valence-corrected chi connectivity index (χ1v) is 4.70. The Bertz CT molecular complexity index is 339. The van der Waals surface area contributed by atoms with Crippen LogP contribution < -0.4 is 10.5 Å². The summed E-state index contributed by atoms with van der Waals surface area (Å²) in [5, 5.41) is 0.763. The van der Waals surface area contributed by atoms with E-state index in [2.05, 4.69) is 4.98 Å². The number of nitrogens with two attached hydrogens (primary N) is 1. The van der Waals surface area contributed by atoms with Crippen LogP contribution in [0.5, 0.6) is 5.88 Å². The van der Waals surface area contributed by atoms with Gasteiger partial charge in [-0.1, -0.05) is 23.2 Å². The highest BCUT2D eigenvalue weighted by atomic mass is 35.5. The van der Waals surface area contributed by atoms with Gasteiger partial charge in [0.05, 0.1) is 5.02 Å². The van der Waals surface area contributed by atoms with Crippen molar-refractivity contribution in [2.75, 3.05) is 5.73 Å². The zero-order valence-corrected chi connectivity index (χ0v) is 8.27. The van der Waals surface area contributed by atoms with Gasteiger partial charge in [-0.25, -0.2) is 0 Å². The lowest BCUT2D eigenvalue weighted by atomic mass is 10.4. The molecule has 70 valence electrons. The number of aromatic nitrogens is 1. The molecule has 0 aromatic carbocycles. The minimum absolute atomic E-state index is 0.252. The van der Waals surface area contributed by atoms with Crippen LogP contribution in [-0.4, -0.2) is 11.1 Å². The van der Waals surface area contributed by atoms with Gasteiger partial charge in [-0.05, 0) is 18.9 Å². The van der Waals surface area contributed by atoms with Crippen molar-refractivity contribution in [3.05, 3.63) is 16.1 Å². The number of pyridine rings is 1. The lowest BCUT2D eigenvalue weighted by Gasteiger charge is -2.06. The quantitative estimate of drug-likeness (QED) is 0.831. The summed E-state index contributed by atoms with van der Waals surface area (Å²) < 4.78 is 5.41. The molecule has 0 saturated heterocycles. The fourth-order valence-corrected chi connectivity index (χ4v) is 1.29. The third-order valence-corrected chi connectivity index (χ3v) is 2.30. The lowest BCUT2D eigenvalue weighted by molar-refractivity contribution is 0.292. The molecule has 1 aliphatic rings. The minimum Gasteiger partial charge on any atom is -0.473 e. The molecule has 3 nitrogen and oxygen atoms in total. The van der Waals surface area contributed by atoms with Crippen LogP contribution in [0.1, 0.15) is 12.8 Å². The molecule has 1 aliphatic carbocycles. The van der Waals surface area contributed by atoms with E-state index in [1.54, 1.807) is 6.07 Å². The van der Waals surface area contributed by atoms with Crippen LogP contribution in [0, 0.1) is 0 Å². The van der Waals surface area contributed by atoms with Gasteiger partial charge >= 0.3 is 0 Å². The van der Waals surface area contributed by atoms with E-state index in [9.17, 15) is 0 Å². The predicted octanol–water partition coefficient (Wildman–Crippen LogP) is 2.51. The van der Waals surface area contributed by atoms with Crippen LogP contribution in [0.2, 0.25) is 10.0 Å². The summed E-state index contributed by atoms with van der Waals surface area (Å²) in [6.07, 6.45) is 2.37. The number of nitrogens with zero attached hydrogens (tertiary/aromatic N) is 1. The maximum absolute atomic E-state index is 5.85. The summed E-state index contributed by atoms with van der Waals surface area (Å²) in [6, 6.07) is 1.54. The highest BCUT2D eigenvalue weighted by Gasteiger charge is 2.25. The summed E-state index contributed by atoms with van der Waals surface area (Å²) >= 11 is 11.6. The van der Waals surface area contributed by atoms with E-state index >= 15 is 0 Å². The molecule has 2 rings (SSSR count). The minimum atomic E-state index is 0.252. The molecule has 0 unspecified atom stereocenters. The average Bonchev–Trinajstić information content (AvgIpc) is 2.84. The number of rotatable bonds is 2. The topological polar surface area (TPSA) is 48.1 Å². The molecule has 1 fully saturated rings. The van der Waals surface area contributed by atoms with Crippen molar-refractivity contribution >= 4 is 29.0 Å². The average molecular weight is 219 g/mol. The van der Waals surface area contributed by atoms with Gasteiger partial charge in [0, 0.05) is 0 Å². The highest BCUT2D eigenvalue weighted by Crippen LogP contribution is 2.33. The molecule has 0 bridgehead atoms. The third kappa shape index (κ3) is 1.98. The molecule has 1 aromatic heterocycles. The third-order valence-electron chi connectivity index (χ3n) is 1.73. The van der Waals surface area contributed by atoms with Crippen LogP contribution in [0.3, 0.4) is 0 Å². The number of anilines is 1. The molecule has 1 saturated carbocycles. The molecule has 1 aromatic rings. The fourth-order valence-electron chi connectivity index (χ4n) is 0.890. The van der Waals surface area contributed by atoms with Crippen molar-refractivity contribution in [1.82, 2.24) is 4.98 Å². The summed E-state index contributed by atoms with van der Waals surface area (Å²) in [6.45, 7) is 0. The largest absolute Gasteiger partial charge is 0.473 e. The van der Waals surface area contributed by atoms with Crippen molar-refractivity contribution in [3.63, 3.8) is 0 Å². The normalized spacial score (nSPS) is 15.8. The fraction of sp³-hybridized carbons (Fsp3) is 0.375. The van der Waals surface area contributed by atoms with Crippen molar-refractivity contribution < 1.29 is 4.74 Å². The molecular weight excluding hydrogens is 211 g/mol. The summed E-state index contributed by atoms with van der Waals surface area (Å²) in [4.78, 5) is 3.94. The van der Waals surface area contributed by atoms with Gasteiger partial charge in [0.1, 0.15) is 16.9 Å². The molecule has 5 heteroatoms. The monoisotopic (exact) mass is 218 g/mol. The Labute approximate surface area is 85.8 Å².